The fraction of sp³-hybridized carbons (Fsp3) is 0.708. The highest BCUT2D eigenvalue weighted by Gasteiger charge is 2.72. The van der Waals surface area contributed by atoms with Crippen LogP contribution in [0.3, 0.4) is 0 Å². The van der Waals surface area contributed by atoms with Crippen molar-refractivity contribution in [2.45, 2.75) is 82.7 Å². The third-order valence-corrected chi connectivity index (χ3v) is 7.19. The summed E-state index contributed by atoms with van der Waals surface area (Å²) in [6.45, 7) is 11.9. The van der Waals surface area contributed by atoms with Crippen LogP contribution in [0.15, 0.2) is 24.8 Å². The Hall–Kier alpha value is -2.15. The normalized spacial score (nSPS) is 38.8. The first-order chi connectivity index (χ1) is 14.6. The summed E-state index contributed by atoms with van der Waals surface area (Å²) in [5.74, 6) is -1.51. The van der Waals surface area contributed by atoms with E-state index in [4.69, 9.17) is 4.74 Å². The van der Waals surface area contributed by atoms with E-state index in [0.29, 0.717) is 5.92 Å². The van der Waals surface area contributed by atoms with Gasteiger partial charge in [-0.2, -0.15) is 0 Å². The summed E-state index contributed by atoms with van der Waals surface area (Å²) in [6, 6.07) is -0.698. The van der Waals surface area contributed by atoms with E-state index < -0.39 is 35.1 Å². The number of hydrogen-bond donors (Lipinski definition) is 2. The van der Waals surface area contributed by atoms with Crippen molar-refractivity contribution in [3.05, 3.63) is 24.8 Å². The molecule has 1 aliphatic carbocycles. The van der Waals surface area contributed by atoms with E-state index in [2.05, 4.69) is 24.1 Å². The van der Waals surface area contributed by atoms with Crippen molar-refractivity contribution in [1.29, 1.82) is 0 Å². The van der Waals surface area contributed by atoms with Crippen LogP contribution >= 0.6 is 0 Å². The molecule has 0 unspecified atom stereocenters. The molecule has 4 aliphatic rings. The van der Waals surface area contributed by atoms with Gasteiger partial charge in [-0.15, -0.1) is 6.58 Å². The Morgan fingerprint density at radius 2 is 2.00 bits per heavy atom. The molecule has 1 spiro atoms. The minimum Gasteiger partial charge on any atom is -0.359 e. The van der Waals surface area contributed by atoms with Gasteiger partial charge in [0.2, 0.25) is 17.7 Å². The third kappa shape index (κ3) is 3.60. The van der Waals surface area contributed by atoms with Gasteiger partial charge in [0.25, 0.3) is 0 Å². The van der Waals surface area contributed by atoms with Gasteiger partial charge in [-0.3, -0.25) is 14.4 Å². The molecule has 2 saturated heterocycles. The molecule has 3 fully saturated rings. The van der Waals surface area contributed by atoms with Crippen LogP contribution in [-0.4, -0.2) is 58.5 Å². The summed E-state index contributed by atoms with van der Waals surface area (Å²) in [7, 11) is 0. The molecule has 3 amide bonds. The van der Waals surface area contributed by atoms with Crippen molar-refractivity contribution in [3.63, 3.8) is 0 Å². The Morgan fingerprint density at radius 1 is 1.29 bits per heavy atom. The van der Waals surface area contributed by atoms with Crippen LogP contribution < -0.4 is 10.6 Å². The van der Waals surface area contributed by atoms with Gasteiger partial charge in [0.05, 0.1) is 17.9 Å². The molecule has 0 aromatic rings. The van der Waals surface area contributed by atoms with Gasteiger partial charge >= 0.3 is 0 Å². The predicted octanol–water partition coefficient (Wildman–Crippen LogP) is 1.93. The second-order valence-electron chi connectivity index (χ2n) is 10.6. The average Bonchev–Trinajstić information content (AvgIpc) is 3.30. The van der Waals surface area contributed by atoms with Gasteiger partial charge in [-0.05, 0) is 39.5 Å². The maximum atomic E-state index is 13.5. The molecular formula is C24H35N3O4. The minimum atomic E-state index is -1.11. The quantitative estimate of drug-likeness (QED) is 0.654. The lowest BCUT2D eigenvalue weighted by Gasteiger charge is -2.34. The number of likely N-dealkylation sites (tertiary alicyclic amines) is 1. The second kappa shape index (κ2) is 7.76. The van der Waals surface area contributed by atoms with E-state index >= 15 is 0 Å². The summed E-state index contributed by atoms with van der Waals surface area (Å²) < 4.78 is 6.30. The Morgan fingerprint density at radius 3 is 2.65 bits per heavy atom. The summed E-state index contributed by atoms with van der Waals surface area (Å²) >= 11 is 0. The lowest BCUT2D eigenvalue weighted by atomic mass is 9.73. The van der Waals surface area contributed by atoms with Crippen LogP contribution in [0, 0.1) is 17.8 Å². The maximum Gasteiger partial charge on any atom is 0.246 e. The van der Waals surface area contributed by atoms with Crippen molar-refractivity contribution in [3.8, 4) is 0 Å². The molecule has 31 heavy (non-hydrogen) atoms. The molecule has 0 aromatic heterocycles. The maximum absolute atomic E-state index is 13.5. The monoisotopic (exact) mass is 429 g/mol. The molecular weight excluding hydrogens is 394 g/mol. The standard InChI is InChI=1S/C24H35N3O4/c1-6-13-27-19(21(29)26-23(3,4)5)24-12-11-16(31-24)17(18(24)22(27)30)20(28)25-15-10-8-7-9-14(15)2/h6,11-12,14-19H,1,7-10,13H2,2-5H3,(H,25,28)(H,26,29)/t14-,15+,16-,17+,18-,19+,24-/m0/s1. The Balaban J connectivity index is 1.63. The summed E-state index contributed by atoms with van der Waals surface area (Å²) in [5.41, 5.74) is -1.57. The van der Waals surface area contributed by atoms with Gasteiger partial charge in [0, 0.05) is 18.1 Å². The number of carbonyl (C=O) groups is 3. The molecule has 7 heteroatoms. The van der Waals surface area contributed by atoms with Crippen LogP contribution in [0.4, 0.5) is 0 Å². The van der Waals surface area contributed by atoms with Crippen molar-refractivity contribution in [1.82, 2.24) is 15.5 Å². The zero-order chi connectivity index (χ0) is 22.6. The molecule has 3 heterocycles. The molecule has 0 aromatic carbocycles. The summed E-state index contributed by atoms with van der Waals surface area (Å²) in [5, 5.41) is 6.20. The Bertz CT molecular complexity index is 816. The van der Waals surface area contributed by atoms with Gasteiger partial charge < -0.3 is 20.3 Å². The lowest BCUT2D eigenvalue weighted by Crippen LogP contribution is -2.58. The molecule has 0 radical (unpaired) electrons. The highest BCUT2D eigenvalue weighted by atomic mass is 16.5. The SMILES string of the molecule is C=CCN1C(=O)[C@@H]2[C@H](C(=O)N[C@@H]3CCCC[C@@H]3C)[C@@H]3C=C[C@@]2(O3)[C@H]1C(=O)NC(C)(C)C. The fourth-order valence-corrected chi connectivity index (χ4v) is 5.85. The van der Waals surface area contributed by atoms with E-state index in [9.17, 15) is 14.4 Å². The van der Waals surface area contributed by atoms with E-state index in [1.165, 1.54) is 11.3 Å². The van der Waals surface area contributed by atoms with Gasteiger partial charge in [-0.1, -0.05) is 38.0 Å². The van der Waals surface area contributed by atoms with E-state index in [-0.39, 0.29) is 30.3 Å². The predicted molar refractivity (Wildman–Crippen MR) is 117 cm³/mol. The van der Waals surface area contributed by atoms with E-state index in [0.717, 1.165) is 19.3 Å². The Labute approximate surface area is 184 Å². The number of hydrogen-bond acceptors (Lipinski definition) is 4. The Kier molecular flexibility index (Phi) is 5.53. The summed E-state index contributed by atoms with van der Waals surface area (Å²) in [6.07, 6.45) is 9.18. The molecule has 2 bridgehead atoms. The van der Waals surface area contributed by atoms with E-state index in [1.54, 1.807) is 6.08 Å². The number of nitrogens with one attached hydrogen (secondary N) is 2. The molecule has 7 atom stereocenters. The summed E-state index contributed by atoms with van der Waals surface area (Å²) in [4.78, 5) is 41.7. The van der Waals surface area contributed by atoms with Gasteiger partial charge in [0.15, 0.2) is 0 Å². The topological polar surface area (TPSA) is 87.7 Å². The number of carbonyl (C=O) groups excluding carboxylic acids is 3. The van der Waals surface area contributed by atoms with Crippen LogP contribution in [0.2, 0.25) is 0 Å². The van der Waals surface area contributed by atoms with Gasteiger partial charge in [-0.25, -0.2) is 0 Å². The van der Waals surface area contributed by atoms with Crippen molar-refractivity contribution in [2.24, 2.45) is 17.8 Å². The van der Waals surface area contributed by atoms with E-state index in [1.807, 2.05) is 32.9 Å². The number of ether oxygens (including phenoxy) is 1. The number of fused-ring (bicyclic) bond motifs is 1. The van der Waals surface area contributed by atoms with Crippen molar-refractivity contribution in [2.75, 3.05) is 6.54 Å². The van der Waals surface area contributed by atoms with Gasteiger partial charge in [0.1, 0.15) is 11.6 Å². The van der Waals surface area contributed by atoms with Crippen LogP contribution in [0.5, 0.6) is 0 Å². The molecule has 3 aliphatic heterocycles. The van der Waals surface area contributed by atoms with Crippen molar-refractivity contribution < 1.29 is 19.1 Å². The largest absolute Gasteiger partial charge is 0.359 e. The fourth-order valence-electron chi connectivity index (χ4n) is 5.85. The molecule has 2 N–H and O–H groups in total. The first kappa shape index (κ1) is 22.1. The highest BCUT2D eigenvalue weighted by Crippen LogP contribution is 2.55. The first-order valence-corrected chi connectivity index (χ1v) is 11.5. The highest BCUT2D eigenvalue weighted by molar-refractivity contribution is 6.00. The second-order valence-corrected chi connectivity index (χ2v) is 10.6. The number of rotatable bonds is 5. The van der Waals surface area contributed by atoms with Crippen molar-refractivity contribution >= 4 is 17.7 Å². The molecule has 4 rings (SSSR count). The molecule has 7 nitrogen and oxygen atoms in total. The van der Waals surface area contributed by atoms with Crippen LogP contribution in [0.25, 0.3) is 0 Å². The zero-order valence-electron chi connectivity index (χ0n) is 19.0. The average molecular weight is 430 g/mol. The minimum absolute atomic E-state index is 0.126. The van der Waals surface area contributed by atoms with Crippen LogP contribution in [-0.2, 0) is 19.1 Å². The number of nitrogens with zero attached hydrogens (tertiary/aromatic N) is 1. The lowest BCUT2D eigenvalue weighted by molar-refractivity contribution is -0.142. The van der Waals surface area contributed by atoms with Crippen LogP contribution in [0.1, 0.15) is 53.4 Å². The number of amides is 3. The first-order valence-electron chi connectivity index (χ1n) is 11.5. The molecule has 1 saturated carbocycles. The zero-order valence-corrected chi connectivity index (χ0v) is 19.0. The third-order valence-electron chi connectivity index (χ3n) is 7.19. The smallest absolute Gasteiger partial charge is 0.246 e. The molecule has 170 valence electrons.